The minimum atomic E-state index is -3.23. The summed E-state index contributed by atoms with van der Waals surface area (Å²) in [7, 11) is -3.23. The van der Waals surface area contributed by atoms with Gasteiger partial charge in [0.05, 0.1) is 12.8 Å². The molecule has 5 nitrogen and oxygen atoms in total. The first-order chi connectivity index (χ1) is 9.66. The third-order valence-corrected chi connectivity index (χ3v) is 5.07. The van der Waals surface area contributed by atoms with Gasteiger partial charge in [-0.15, -0.1) is 0 Å². The predicted molar refractivity (Wildman–Crippen MR) is 84.4 cm³/mol. The van der Waals surface area contributed by atoms with Crippen molar-refractivity contribution in [1.82, 2.24) is 9.29 Å². The van der Waals surface area contributed by atoms with Gasteiger partial charge in [0.1, 0.15) is 5.82 Å². The molecular weight excluding hydrogens is 286 g/mol. The van der Waals surface area contributed by atoms with Crippen molar-refractivity contribution in [1.29, 1.82) is 0 Å². The van der Waals surface area contributed by atoms with E-state index in [0.717, 1.165) is 35.7 Å². The molecule has 0 bridgehead atoms. The van der Waals surface area contributed by atoms with Crippen molar-refractivity contribution in [3.63, 3.8) is 0 Å². The number of hydrogen-bond donors (Lipinski definition) is 0. The number of anilines is 1. The van der Waals surface area contributed by atoms with Crippen molar-refractivity contribution < 1.29 is 8.42 Å². The highest BCUT2D eigenvalue weighted by Crippen LogP contribution is 2.37. The highest BCUT2D eigenvalue weighted by atomic mass is 32.2. The summed E-state index contributed by atoms with van der Waals surface area (Å²) >= 11 is 0. The number of sulfonamides is 1. The van der Waals surface area contributed by atoms with E-state index >= 15 is 0 Å². The lowest BCUT2D eigenvalue weighted by Crippen LogP contribution is -2.54. The summed E-state index contributed by atoms with van der Waals surface area (Å²) in [5, 5.41) is 0. The van der Waals surface area contributed by atoms with Crippen LogP contribution in [-0.4, -0.2) is 37.1 Å². The van der Waals surface area contributed by atoms with Gasteiger partial charge < -0.3 is 4.90 Å². The van der Waals surface area contributed by atoms with Crippen LogP contribution in [0.4, 0.5) is 5.82 Å². The molecule has 3 rings (SSSR count). The van der Waals surface area contributed by atoms with E-state index in [-0.39, 0.29) is 0 Å². The molecule has 1 aromatic rings. The Morgan fingerprint density at radius 1 is 1.29 bits per heavy atom. The number of nitrogens with zero attached hydrogens (tertiary/aromatic N) is 3. The number of aryl methyl sites for hydroxylation is 1. The van der Waals surface area contributed by atoms with Crippen LogP contribution >= 0.6 is 0 Å². The fourth-order valence-corrected chi connectivity index (χ4v) is 3.66. The smallest absolute Gasteiger partial charge is 0.232 e. The fourth-order valence-electron chi connectivity index (χ4n) is 3.02. The first-order valence-corrected chi connectivity index (χ1v) is 8.91. The molecule has 0 radical (unpaired) electrons. The molecule has 21 heavy (non-hydrogen) atoms. The van der Waals surface area contributed by atoms with E-state index in [1.807, 2.05) is 19.1 Å². The third-order valence-electron chi connectivity index (χ3n) is 3.96. The first-order valence-electron chi connectivity index (χ1n) is 7.06. The van der Waals surface area contributed by atoms with Crippen molar-refractivity contribution in [2.45, 2.75) is 27.3 Å². The van der Waals surface area contributed by atoms with Crippen molar-refractivity contribution >= 4 is 21.9 Å². The maximum Gasteiger partial charge on any atom is 0.232 e. The zero-order valence-corrected chi connectivity index (χ0v) is 13.7. The minimum absolute atomic E-state index is 0.305. The van der Waals surface area contributed by atoms with Gasteiger partial charge in [0.2, 0.25) is 10.0 Å². The zero-order chi connectivity index (χ0) is 15.4. The number of fused-ring (bicyclic) bond motifs is 1. The lowest BCUT2D eigenvalue weighted by atomic mass is 9.84. The lowest BCUT2D eigenvalue weighted by Gasteiger charge is -2.47. The Hall–Kier alpha value is -1.56. The zero-order valence-electron chi connectivity index (χ0n) is 12.9. The molecule has 0 amide bonds. The van der Waals surface area contributed by atoms with E-state index in [0.29, 0.717) is 12.0 Å². The molecule has 1 saturated heterocycles. The molecule has 0 N–H and O–H groups in total. The van der Waals surface area contributed by atoms with Gasteiger partial charge in [-0.1, -0.05) is 13.8 Å². The van der Waals surface area contributed by atoms with Gasteiger partial charge in [-0.25, -0.2) is 13.4 Å². The normalized spacial score (nSPS) is 20.2. The number of aromatic nitrogens is 1. The summed E-state index contributed by atoms with van der Waals surface area (Å²) in [6.45, 7) is 8.72. The van der Waals surface area contributed by atoms with Gasteiger partial charge >= 0.3 is 0 Å². The highest BCUT2D eigenvalue weighted by molar-refractivity contribution is 7.88. The van der Waals surface area contributed by atoms with Crippen molar-refractivity contribution in [2.24, 2.45) is 5.41 Å². The molecule has 0 atom stereocenters. The molecule has 1 aromatic heterocycles. The standard InChI is InChI=1S/C15H21N3O2S/c1-11-7-12-5-6-18(21(4,19)20)8-13(12)14(16-11)17-9-15(2,3)10-17/h5-7H,8-10H2,1-4H3. The van der Waals surface area contributed by atoms with E-state index in [2.05, 4.69) is 23.7 Å². The van der Waals surface area contributed by atoms with Gasteiger partial charge in [-0.05, 0) is 30.0 Å². The molecule has 0 unspecified atom stereocenters. The predicted octanol–water partition coefficient (Wildman–Crippen LogP) is 1.98. The molecule has 0 saturated carbocycles. The van der Waals surface area contributed by atoms with Crippen LogP contribution in [0, 0.1) is 12.3 Å². The number of pyridine rings is 1. The van der Waals surface area contributed by atoms with E-state index < -0.39 is 10.0 Å². The molecule has 0 aromatic carbocycles. The first kappa shape index (κ1) is 14.4. The maximum atomic E-state index is 11.8. The van der Waals surface area contributed by atoms with Crippen molar-refractivity contribution in [3.8, 4) is 0 Å². The Bertz CT molecular complexity index is 715. The van der Waals surface area contributed by atoms with Crippen LogP contribution in [0.15, 0.2) is 12.3 Å². The molecule has 0 spiro atoms. The van der Waals surface area contributed by atoms with Crippen LogP contribution in [0.5, 0.6) is 0 Å². The van der Waals surface area contributed by atoms with E-state index in [1.165, 1.54) is 10.6 Å². The summed E-state index contributed by atoms with van der Waals surface area (Å²) in [6.07, 6.45) is 4.74. The van der Waals surface area contributed by atoms with Crippen LogP contribution in [0.25, 0.3) is 6.08 Å². The Morgan fingerprint density at radius 2 is 1.95 bits per heavy atom. The number of hydrogen-bond acceptors (Lipinski definition) is 4. The third kappa shape index (κ3) is 2.64. The molecule has 2 aliphatic heterocycles. The maximum absolute atomic E-state index is 11.8. The Kier molecular flexibility index (Phi) is 3.06. The topological polar surface area (TPSA) is 53.5 Å². The molecule has 3 heterocycles. The Morgan fingerprint density at radius 3 is 2.52 bits per heavy atom. The van der Waals surface area contributed by atoms with Gasteiger partial charge in [-0.3, -0.25) is 4.31 Å². The van der Waals surface area contributed by atoms with Gasteiger partial charge in [0.25, 0.3) is 0 Å². The monoisotopic (exact) mass is 307 g/mol. The average molecular weight is 307 g/mol. The summed E-state index contributed by atoms with van der Waals surface area (Å²) in [5.41, 5.74) is 3.34. The van der Waals surface area contributed by atoms with Crippen LogP contribution in [0.1, 0.15) is 30.7 Å². The molecular formula is C15H21N3O2S. The quantitative estimate of drug-likeness (QED) is 0.838. The molecule has 1 fully saturated rings. The second kappa shape index (κ2) is 4.47. The van der Waals surface area contributed by atoms with Gasteiger partial charge in [-0.2, -0.15) is 0 Å². The van der Waals surface area contributed by atoms with E-state index in [1.54, 1.807) is 6.20 Å². The lowest BCUT2D eigenvalue weighted by molar-refractivity contribution is 0.273. The Balaban J connectivity index is 2.01. The average Bonchev–Trinajstić information content (AvgIpc) is 2.33. The van der Waals surface area contributed by atoms with Gasteiger partial charge in [0, 0.05) is 30.5 Å². The molecule has 0 aliphatic carbocycles. The fraction of sp³-hybridized carbons (Fsp3) is 0.533. The molecule has 114 valence electrons. The van der Waals surface area contributed by atoms with Gasteiger partial charge in [0.15, 0.2) is 0 Å². The summed E-state index contributed by atoms with van der Waals surface area (Å²) < 4.78 is 24.9. The summed E-state index contributed by atoms with van der Waals surface area (Å²) in [6, 6.07) is 2.01. The Labute approximate surface area is 126 Å². The van der Waals surface area contributed by atoms with Crippen LogP contribution in [0.2, 0.25) is 0 Å². The second-order valence-corrected chi connectivity index (χ2v) is 8.73. The SMILES string of the molecule is Cc1cc2c(c(N3CC(C)(C)C3)n1)CN(S(C)(=O)=O)C=C2. The van der Waals surface area contributed by atoms with Crippen LogP contribution in [-0.2, 0) is 16.6 Å². The largest absolute Gasteiger partial charge is 0.355 e. The van der Waals surface area contributed by atoms with Crippen molar-refractivity contribution in [2.75, 3.05) is 24.2 Å². The van der Waals surface area contributed by atoms with E-state index in [4.69, 9.17) is 0 Å². The molecule has 6 heteroatoms. The van der Waals surface area contributed by atoms with Crippen molar-refractivity contribution in [3.05, 3.63) is 29.1 Å². The second-order valence-electron chi connectivity index (χ2n) is 6.80. The summed E-state index contributed by atoms with van der Waals surface area (Å²) in [4.78, 5) is 6.90. The van der Waals surface area contributed by atoms with E-state index in [9.17, 15) is 8.42 Å². The summed E-state index contributed by atoms with van der Waals surface area (Å²) in [5.74, 6) is 0.933. The minimum Gasteiger partial charge on any atom is -0.355 e. The van der Waals surface area contributed by atoms with Crippen LogP contribution in [0.3, 0.4) is 0 Å². The van der Waals surface area contributed by atoms with Crippen LogP contribution < -0.4 is 4.90 Å². The molecule has 2 aliphatic rings. The number of rotatable bonds is 2. The highest BCUT2D eigenvalue weighted by Gasteiger charge is 2.37.